The molecule has 5 fully saturated rings. The van der Waals surface area contributed by atoms with Crippen LogP contribution in [0.3, 0.4) is 0 Å². The average molecular weight is 1190 g/mol. The molecule has 0 aromatic rings. The van der Waals surface area contributed by atoms with Crippen molar-refractivity contribution in [3.8, 4) is 0 Å². The Labute approximate surface area is 508 Å². The molecule has 1 amide bonds. The van der Waals surface area contributed by atoms with Crippen LogP contribution in [0.4, 0.5) is 0 Å². The lowest BCUT2D eigenvalue weighted by atomic mass is 9.85. The molecule has 0 aromatic heterocycles. The van der Waals surface area contributed by atoms with E-state index in [1.807, 2.05) is 150 Å². The number of hydrogen-bond acceptors (Lipinski definition) is 18. The van der Waals surface area contributed by atoms with Crippen LogP contribution in [0.1, 0.15) is 166 Å². The zero-order valence-corrected chi connectivity index (χ0v) is 56.2. The average Bonchev–Trinajstić information content (AvgIpc) is 4.16. The van der Waals surface area contributed by atoms with Crippen molar-refractivity contribution < 1.29 is 85.7 Å². The molecule has 18 atom stereocenters. The van der Waals surface area contributed by atoms with Gasteiger partial charge in [-0.2, -0.15) is 0 Å². The molecule has 6 radical (unpaired) electrons. The molecule has 83 heavy (non-hydrogen) atoms. The van der Waals surface area contributed by atoms with Crippen molar-refractivity contribution in [1.29, 1.82) is 0 Å². The molecule has 5 heterocycles. The van der Waals surface area contributed by atoms with E-state index in [0.29, 0.717) is 39.6 Å². The van der Waals surface area contributed by atoms with Gasteiger partial charge in [0.25, 0.3) is 0 Å². The number of aliphatic hydroxyl groups excluding tert-OH is 1. The Hall–Kier alpha value is -1.02. The second kappa shape index (κ2) is 41.3. The van der Waals surface area contributed by atoms with Gasteiger partial charge in [-0.3, -0.25) is 4.79 Å². The number of likely N-dealkylation sites (tertiary alicyclic amines) is 1. The number of hydrogen-bond donors (Lipinski definition) is 1. The summed E-state index contributed by atoms with van der Waals surface area (Å²) in [5, 5.41) is 9.97. The van der Waals surface area contributed by atoms with E-state index in [1.165, 1.54) is 0 Å². The number of carbonyl (C=O) groups excluding carboxylic acids is 1. The normalized spacial score (nSPS) is 32.0. The van der Waals surface area contributed by atoms with Crippen LogP contribution in [-0.4, -0.2) is 258 Å². The van der Waals surface area contributed by atoms with E-state index >= 15 is 0 Å². The molecule has 0 aromatic carbocycles. The van der Waals surface area contributed by atoms with Crippen molar-refractivity contribution in [1.82, 2.24) is 4.90 Å². The van der Waals surface area contributed by atoms with Gasteiger partial charge < -0.3 is 85.8 Å². The molecule has 5 unspecified atom stereocenters. The number of nitrogens with zero attached hydrogens (tertiary/aromatic N) is 1. The van der Waals surface area contributed by atoms with Gasteiger partial charge in [0, 0.05) is 51.6 Å². The Bertz CT molecular complexity index is 1650. The molecule has 22 heteroatoms. The van der Waals surface area contributed by atoms with Crippen molar-refractivity contribution in [3.05, 3.63) is 0 Å². The smallest absolute Gasteiger partial charge is 0.219 e. The van der Waals surface area contributed by atoms with Crippen molar-refractivity contribution in [2.75, 3.05) is 53.8 Å². The van der Waals surface area contributed by atoms with Crippen molar-refractivity contribution in [3.63, 3.8) is 0 Å². The fourth-order valence-electron chi connectivity index (χ4n) is 9.84. The first kappa shape index (κ1) is 80.0. The molecule has 5 rings (SSSR count). The summed E-state index contributed by atoms with van der Waals surface area (Å²) in [4.78, 5) is 13.4. The molecule has 0 aliphatic carbocycles. The van der Waals surface area contributed by atoms with E-state index in [9.17, 15) is 9.90 Å². The van der Waals surface area contributed by atoms with Crippen LogP contribution in [0, 0.1) is 5.92 Å². The number of methoxy groups -OCH3 is 2. The number of rotatable bonds is 27. The second-order valence-electron chi connectivity index (χ2n) is 24.9. The summed E-state index contributed by atoms with van der Waals surface area (Å²) < 4.78 is 89.9. The fourth-order valence-corrected chi connectivity index (χ4v) is 9.84. The lowest BCUT2D eigenvalue weighted by Crippen LogP contribution is -2.40. The highest BCUT2D eigenvalue weighted by atomic mass is 16.6. The number of ether oxygens (including phenoxy) is 16. The van der Waals surface area contributed by atoms with Crippen LogP contribution in [0.15, 0.2) is 0 Å². The van der Waals surface area contributed by atoms with E-state index in [2.05, 4.69) is 6.92 Å². The molecule has 0 saturated carbocycles. The highest BCUT2D eigenvalue weighted by Gasteiger charge is 2.46. The first-order valence-electron chi connectivity index (χ1n) is 30.9. The first-order chi connectivity index (χ1) is 38.6. The van der Waals surface area contributed by atoms with Gasteiger partial charge in [-0.1, -0.05) is 6.92 Å². The molecule has 484 valence electrons. The Balaban J connectivity index is 0.000000519. The van der Waals surface area contributed by atoms with Crippen molar-refractivity contribution >= 4 is 29.4 Å². The molecule has 5 aliphatic heterocycles. The highest BCUT2D eigenvalue weighted by Crippen LogP contribution is 2.32. The van der Waals surface area contributed by atoms with Crippen LogP contribution in [0.25, 0.3) is 0 Å². The van der Waals surface area contributed by atoms with Gasteiger partial charge in [-0.15, -0.1) is 0 Å². The Kier molecular flexibility index (Phi) is 39.8. The van der Waals surface area contributed by atoms with E-state index in [0.717, 1.165) is 6.42 Å². The summed E-state index contributed by atoms with van der Waals surface area (Å²) in [5.74, 6) is 0.304. The van der Waals surface area contributed by atoms with E-state index < -0.39 is 30.3 Å². The van der Waals surface area contributed by atoms with Crippen molar-refractivity contribution in [2.24, 2.45) is 5.92 Å². The summed E-state index contributed by atoms with van der Waals surface area (Å²) in [5.41, 5.74) is 0. The molecule has 5 saturated heterocycles. The van der Waals surface area contributed by atoms with Gasteiger partial charge in [0.05, 0.1) is 118 Å². The number of carbonyl (C=O) groups is 1. The third kappa shape index (κ3) is 30.8. The maximum Gasteiger partial charge on any atom is 0.219 e. The SMILES string of the molecule is CC(=O)N1C[C@H](OC(C)C)C[C@H]1COC(C)C.CO[C@@H]1CO[C@H](COC(C)C)C1OC(C)C.[B][C@@H]1O[C@H](C(C)OC(C)C)C(OC(C)C)[C@@H]1C.[B][C@@H]1O[C@H](COC(C)C)C(O)[C@@H]1OC(C)C.[B][C@@H]1O[C@H](COC(C)C)C(OC)[C@@H]1OC(C)C. The monoisotopic (exact) mass is 1190 g/mol. The van der Waals surface area contributed by atoms with Crippen LogP contribution in [0.5, 0.6) is 0 Å². The zero-order chi connectivity index (χ0) is 63.6. The minimum atomic E-state index is -0.726. The highest BCUT2D eigenvalue weighted by molar-refractivity contribution is 6.12. The molecular formula is C61H118B3NO18. The summed E-state index contributed by atoms with van der Waals surface area (Å²) in [6, 6.07) is -1.14. The number of amides is 1. The number of aliphatic hydroxyl groups is 1. The summed E-state index contributed by atoms with van der Waals surface area (Å²) >= 11 is 0. The molecule has 1 N–H and O–H groups in total. The Morgan fingerprint density at radius 3 is 1.40 bits per heavy atom. The van der Waals surface area contributed by atoms with Gasteiger partial charge in [0.2, 0.25) is 5.91 Å². The van der Waals surface area contributed by atoms with E-state index in [1.54, 1.807) is 21.1 Å². The van der Waals surface area contributed by atoms with Crippen LogP contribution < -0.4 is 0 Å². The third-order valence-corrected chi connectivity index (χ3v) is 13.5. The summed E-state index contributed by atoms with van der Waals surface area (Å²) in [6.45, 7) is 48.8. The Morgan fingerprint density at radius 1 is 0.506 bits per heavy atom. The van der Waals surface area contributed by atoms with Gasteiger partial charge >= 0.3 is 0 Å². The van der Waals surface area contributed by atoms with E-state index in [4.69, 9.17) is 99.3 Å². The minimum absolute atomic E-state index is 0.00486. The third-order valence-electron chi connectivity index (χ3n) is 13.5. The molecule has 0 bridgehead atoms. The Morgan fingerprint density at radius 2 is 0.940 bits per heavy atom. The fraction of sp³-hybridized carbons (Fsp3) is 0.984. The minimum Gasteiger partial charge on any atom is -0.388 e. The molecule has 5 aliphatic rings. The summed E-state index contributed by atoms with van der Waals surface area (Å²) in [6.07, 6.45) is 0.287. The summed E-state index contributed by atoms with van der Waals surface area (Å²) in [7, 11) is 20.9. The van der Waals surface area contributed by atoms with E-state index in [-0.39, 0.29) is 146 Å². The van der Waals surface area contributed by atoms with Crippen molar-refractivity contribution in [2.45, 2.75) is 330 Å². The lowest BCUT2D eigenvalue weighted by molar-refractivity contribution is -0.131. The van der Waals surface area contributed by atoms with Crippen LogP contribution >= 0.6 is 0 Å². The lowest BCUT2D eigenvalue weighted by Gasteiger charge is -2.29. The van der Waals surface area contributed by atoms with Crippen LogP contribution in [0.2, 0.25) is 0 Å². The predicted octanol–water partition coefficient (Wildman–Crippen LogP) is 7.14. The maximum absolute atomic E-state index is 11.5. The quantitative estimate of drug-likeness (QED) is 0.0817. The topological polar surface area (TPSA) is 188 Å². The first-order valence-corrected chi connectivity index (χ1v) is 30.9. The van der Waals surface area contributed by atoms with Gasteiger partial charge in [0.15, 0.2) is 0 Å². The zero-order valence-electron chi connectivity index (χ0n) is 56.2. The standard InChI is InChI=1S/C13H25BO3.C13H25NO3.C12H23BO4.C12H24O4.C11H21BO4/c1-7(2)15-10(6)12-11(16-8(3)4)9(5)13(14)17-12;1-9(2)16-8-12-6-13(17-10(3)4)7-14(12)11(5)15;1-7(2)15-6-9-10(14-5)11(12(13)17-9)16-8(3)4;1-8(2)14-7-11-12(16-9(3)4)10(13-5)6-15-11;1-6(2)14-5-8-9(13)10(11(12)16-8)15-7(3)4/h7-13H,1-6H3;9-10,12-13H,6-8H2,1-5H3;7-12H,6H2,1-5H3;8-12H,6-7H2,1-5H3;6-11,13H,5H2,1-4H3/t9-,10?,11?,12+,13+;12-,13+;9-,10?,11+,12-;10-,11-,12?;8-,9?,10+,11-/m00111/s1. The van der Waals surface area contributed by atoms with Crippen LogP contribution in [-0.2, 0) is 80.6 Å². The maximum atomic E-state index is 11.5. The van der Waals surface area contributed by atoms with Gasteiger partial charge in [0.1, 0.15) is 84.6 Å². The van der Waals surface area contributed by atoms with Gasteiger partial charge in [-0.05, 0) is 152 Å². The van der Waals surface area contributed by atoms with Gasteiger partial charge in [-0.25, -0.2) is 0 Å². The second-order valence-corrected chi connectivity index (χ2v) is 24.9. The predicted molar refractivity (Wildman–Crippen MR) is 326 cm³/mol. The largest absolute Gasteiger partial charge is 0.388 e. The molecular weight excluding hydrogens is 1070 g/mol. The molecule has 0 spiro atoms. The molecule has 19 nitrogen and oxygen atoms in total.